The lowest BCUT2D eigenvalue weighted by Gasteiger charge is -2.30. The van der Waals surface area contributed by atoms with Gasteiger partial charge >= 0.3 is 0 Å². The molecule has 0 saturated carbocycles. The maximum absolute atomic E-state index is 12.1. The fourth-order valence-corrected chi connectivity index (χ4v) is 2.05. The van der Waals surface area contributed by atoms with Gasteiger partial charge in [0.25, 0.3) is 5.91 Å². The van der Waals surface area contributed by atoms with Crippen LogP contribution in [0.5, 0.6) is 0 Å². The number of rotatable bonds is 6. The number of hydrogen-bond donors (Lipinski definition) is 3. The summed E-state index contributed by atoms with van der Waals surface area (Å²) in [5, 5.41) is 9.66. The molecule has 1 atom stereocenters. The van der Waals surface area contributed by atoms with E-state index in [1.165, 1.54) is 0 Å². The minimum Gasteiger partial charge on any atom is -0.343 e. The van der Waals surface area contributed by atoms with Crippen LogP contribution in [0.25, 0.3) is 0 Å². The van der Waals surface area contributed by atoms with Gasteiger partial charge in [-0.15, -0.1) is 5.10 Å². The molecule has 1 aromatic heterocycles. The molecule has 19 heavy (non-hydrogen) atoms. The van der Waals surface area contributed by atoms with Crippen molar-refractivity contribution in [2.75, 3.05) is 6.54 Å². The van der Waals surface area contributed by atoms with E-state index in [1.807, 2.05) is 20.8 Å². The van der Waals surface area contributed by atoms with Crippen LogP contribution in [0.15, 0.2) is 0 Å². The number of nitrogens with two attached hydrogens (primary N) is 1. The van der Waals surface area contributed by atoms with Crippen LogP contribution in [0.1, 0.15) is 63.4 Å². The predicted octanol–water partition coefficient (Wildman–Crippen LogP) is 1.42. The number of hydrogen-bond acceptors (Lipinski definition) is 4. The Bertz CT molecular complexity index is 426. The molecule has 1 amide bonds. The molecule has 0 radical (unpaired) electrons. The van der Waals surface area contributed by atoms with Gasteiger partial charge in [-0.1, -0.05) is 27.7 Å². The molecule has 0 saturated heterocycles. The summed E-state index contributed by atoms with van der Waals surface area (Å²) in [6.07, 6.45) is 0.816. The first-order valence-corrected chi connectivity index (χ1v) is 6.72. The lowest BCUT2D eigenvalue weighted by atomic mass is 9.90. The van der Waals surface area contributed by atoms with Crippen molar-refractivity contribution >= 4 is 5.91 Å². The average molecular weight is 267 g/mol. The van der Waals surface area contributed by atoms with E-state index in [2.05, 4.69) is 34.3 Å². The maximum atomic E-state index is 12.1. The maximum Gasteiger partial charge on any atom is 0.291 e. The average Bonchev–Trinajstić information content (AvgIpc) is 2.77. The number of carbonyl (C=O) groups excluding carboxylic acids is 1. The fraction of sp³-hybridized carbons (Fsp3) is 0.769. The van der Waals surface area contributed by atoms with E-state index in [9.17, 15) is 4.79 Å². The van der Waals surface area contributed by atoms with Crippen molar-refractivity contribution in [2.24, 2.45) is 11.7 Å². The molecule has 108 valence electrons. The van der Waals surface area contributed by atoms with Crippen LogP contribution in [0, 0.1) is 5.92 Å². The molecule has 0 aromatic carbocycles. The number of carbonyl (C=O) groups is 1. The van der Waals surface area contributed by atoms with E-state index >= 15 is 0 Å². The van der Waals surface area contributed by atoms with Crippen LogP contribution in [0.3, 0.4) is 0 Å². The summed E-state index contributed by atoms with van der Waals surface area (Å²) in [6, 6.07) is 0. The fourth-order valence-electron chi connectivity index (χ4n) is 2.05. The van der Waals surface area contributed by atoms with E-state index in [4.69, 9.17) is 5.73 Å². The van der Waals surface area contributed by atoms with Crippen molar-refractivity contribution in [3.05, 3.63) is 11.6 Å². The van der Waals surface area contributed by atoms with Gasteiger partial charge in [0.05, 0.1) is 5.54 Å². The van der Waals surface area contributed by atoms with Crippen LogP contribution in [0.2, 0.25) is 0 Å². The molecule has 6 nitrogen and oxygen atoms in total. The van der Waals surface area contributed by atoms with Crippen LogP contribution >= 0.6 is 0 Å². The first-order chi connectivity index (χ1) is 8.77. The number of aromatic amines is 1. The van der Waals surface area contributed by atoms with Gasteiger partial charge in [0, 0.05) is 12.5 Å². The minimum atomic E-state index is -0.427. The lowest BCUT2D eigenvalue weighted by Crippen LogP contribution is -2.52. The number of aromatic nitrogens is 3. The molecule has 0 fully saturated rings. The third-order valence-electron chi connectivity index (χ3n) is 2.98. The summed E-state index contributed by atoms with van der Waals surface area (Å²) in [5.74, 6) is 1.27. The number of nitrogens with zero attached hydrogens (tertiary/aromatic N) is 2. The quantitative estimate of drug-likeness (QED) is 0.726. The molecule has 0 bridgehead atoms. The van der Waals surface area contributed by atoms with Crippen LogP contribution < -0.4 is 11.1 Å². The topological polar surface area (TPSA) is 96.7 Å². The van der Waals surface area contributed by atoms with Crippen LogP contribution in [-0.4, -0.2) is 33.2 Å². The number of H-pyrrole nitrogens is 1. The van der Waals surface area contributed by atoms with Crippen molar-refractivity contribution < 1.29 is 4.79 Å². The van der Waals surface area contributed by atoms with E-state index in [0.29, 0.717) is 18.3 Å². The van der Waals surface area contributed by atoms with E-state index in [-0.39, 0.29) is 17.6 Å². The second-order valence-corrected chi connectivity index (χ2v) is 6.02. The third-order valence-corrected chi connectivity index (χ3v) is 2.98. The standard InChI is InChI=1S/C13H25N5O/c1-8(2)6-13(5,7-14)16-12(19)11-15-10(9(3)4)17-18-11/h8-9H,6-7,14H2,1-5H3,(H,16,19)(H,15,17,18). The van der Waals surface area contributed by atoms with Crippen molar-refractivity contribution in [1.29, 1.82) is 0 Å². The Kier molecular flexibility index (Phi) is 5.05. The zero-order valence-corrected chi connectivity index (χ0v) is 12.4. The van der Waals surface area contributed by atoms with Gasteiger partial charge in [-0.3, -0.25) is 9.89 Å². The molecule has 1 rings (SSSR count). The summed E-state index contributed by atoms with van der Waals surface area (Å²) in [5.41, 5.74) is 5.35. The Hall–Kier alpha value is -1.43. The Labute approximate surface area is 114 Å². The second kappa shape index (κ2) is 6.14. The summed E-state index contributed by atoms with van der Waals surface area (Å²) in [4.78, 5) is 16.3. The predicted molar refractivity (Wildman–Crippen MR) is 74.9 cm³/mol. The Morgan fingerprint density at radius 1 is 1.42 bits per heavy atom. The summed E-state index contributed by atoms with van der Waals surface area (Å²) in [7, 11) is 0. The Balaban J connectivity index is 2.76. The summed E-state index contributed by atoms with van der Waals surface area (Å²) < 4.78 is 0. The van der Waals surface area contributed by atoms with Gasteiger partial charge in [0.2, 0.25) is 5.82 Å². The van der Waals surface area contributed by atoms with Gasteiger partial charge in [0.1, 0.15) is 5.82 Å². The molecule has 0 aliphatic rings. The van der Waals surface area contributed by atoms with E-state index in [0.717, 1.165) is 6.42 Å². The number of nitrogens with one attached hydrogen (secondary N) is 2. The smallest absolute Gasteiger partial charge is 0.291 e. The highest BCUT2D eigenvalue weighted by atomic mass is 16.2. The molecular formula is C13H25N5O. The zero-order valence-electron chi connectivity index (χ0n) is 12.4. The molecule has 0 aliphatic carbocycles. The minimum absolute atomic E-state index is 0.173. The highest BCUT2D eigenvalue weighted by molar-refractivity contribution is 5.90. The van der Waals surface area contributed by atoms with Gasteiger partial charge in [-0.05, 0) is 19.3 Å². The molecular weight excluding hydrogens is 242 g/mol. The lowest BCUT2D eigenvalue weighted by molar-refractivity contribution is 0.0888. The van der Waals surface area contributed by atoms with E-state index in [1.54, 1.807) is 0 Å². The van der Waals surface area contributed by atoms with E-state index < -0.39 is 5.54 Å². The highest BCUT2D eigenvalue weighted by Crippen LogP contribution is 2.16. The van der Waals surface area contributed by atoms with Crippen molar-refractivity contribution in [2.45, 2.75) is 52.5 Å². The van der Waals surface area contributed by atoms with Crippen molar-refractivity contribution in [1.82, 2.24) is 20.5 Å². The monoisotopic (exact) mass is 267 g/mol. The van der Waals surface area contributed by atoms with Crippen LogP contribution in [0.4, 0.5) is 0 Å². The Morgan fingerprint density at radius 2 is 2.05 bits per heavy atom. The molecule has 4 N–H and O–H groups in total. The molecule has 0 aliphatic heterocycles. The van der Waals surface area contributed by atoms with Gasteiger partial charge in [-0.2, -0.15) is 0 Å². The largest absolute Gasteiger partial charge is 0.343 e. The first-order valence-electron chi connectivity index (χ1n) is 6.72. The van der Waals surface area contributed by atoms with Crippen LogP contribution in [-0.2, 0) is 0 Å². The molecule has 1 heterocycles. The highest BCUT2D eigenvalue weighted by Gasteiger charge is 2.28. The molecule has 1 unspecified atom stereocenters. The van der Waals surface area contributed by atoms with Crippen molar-refractivity contribution in [3.8, 4) is 0 Å². The number of amides is 1. The van der Waals surface area contributed by atoms with Gasteiger partial charge in [-0.25, -0.2) is 4.98 Å². The molecule has 6 heteroatoms. The third kappa shape index (κ3) is 4.31. The summed E-state index contributed by atoms with van der Waals surface area (Å²) >= 11 is 0. The molecule has 1 aromatic rings. The SMILES string of the molecule is CC(C)CC(C)(CN)NC(=O)c1n[nH]c(C(C)C)n1. The second-order valence-electron chi connectivity index (χ2n) is 6.02. The normalized spacial score (nSPS) is 14.7. The summed E-state index contributed by atoms with van der Waals surface area (Å²) in [6.45, 7) is 10.5. The van der Waals surface area contributed by atoms with Gasteiger partial charge in [0.15, 0.2) is 0 Å². The van der Waals surface area contributed by atoms with Crippen molar-refractivity contribution in [3.63, 3.8) is 0 Å². The Morgan fingerprint density at radius 3 is 2.47 bits per heavy atom. The molecule has 0 spiro atoms. The van der Waals surface area contributed by atoms with Gasteiger partial charge < -0.3 is 11.1 Å². The zero-order chi connectivity index (χ0) is 14.6. The first kappa shape index (κ1) is 15.6.